The van der Waals surface area contributed by atoms with Gasteiger partial charge in [-0.25, -0.2) is 4.79 Å². The van der Waals surface area contributed by atoms with Crippen LogP contribution in [0.25, 0.3) is 0 Å². The molecular formula is C19H20ClN3O4. The lowest BCUT2D eigenvalue weighted by molar-refractivity contribution is -0.118. The molecule has 1 atom stereocenters. The van der Waals surface area contributed by atoms with Gasteiger partial charge in [-0.3, -0.25) is 4.79 Å². The summed E-state index contributed by atoms with van der Waals surface area (Å²) in [7, 11) is 2.97. The fourth-order valence-electron chi connectivity index (χ4n) is 2.95. The highest BCUT2D eigenvalue weighted by Crippen LogP contribution is 2.35. The van der Waals surface area contributed by atoms with Gasteiger partial charge in [-0.15, -0.1) is 0 Å². The third-order valence-electron chi connectivity index (χ3n) is 4.30. The van der Waals surface area contributed by atoms with Gasteiger partial charge in [-0.1, -0.05) is 29.8 Å². The number of ether oxygens (including phenoxy) is 2. The number of rotatable bonds is 5. The second-order valence-electron chi connectivity index (χ2n) is 5.95. The van der Waals surface area contributed by atoms with Crippen molar-refractivity contribution in [1.29, 1.82) is 0 Å². The van der Waals surface area contributed by atoms with Gasteiger partial charge in [0, 0.05) is 18.3 Å². The van der Waals surface area contributed by atoms with Crippen LogP contribution in [0.1, 0.15) is 6.42 Å². The number of urea groups is 1. The highest BCUT2D eigenvalue weighted by atomic mass is 35.5. The Morgan fingerprint density at radius 2 is 1.85 bits per heavy atom. The average molecular weight is 390 g/mol. The Morgan fingerprint density at radius 1 is 1.15 bits per heavy atom. The SMILES string of the molecule is COc1cc(OC)c(NC(=O)NC2CCN(c3ccccc3)C2=O)cc1Cl. The average Bonchev–Trinajstić information content (AvgIpc) is 3.03. The van der Waals surface area contributed by atoms with E-state index in [1.807, 2.05) is 30.3 Å². The molecule has 142 valence electrons. The van der Waals surface area contributed by atoms with Crippen LogP contribution in [0.4, 0.5) is 16.2 Å². The Labute approximate surface area is 162 Å². The quantitative estimate of drug-likeness (QED) is 0.822. The molecule has 3 amide bonds. The van der Waals surface area contributed by atoms with Crippen LogP contribution in [0.15, 0.2) is 42.5 Å². The fraction of sp³-hybridized carbons (Fsp3) is 0.263. The Balaban J connectivity index is 1.67. The topological polar surface area (TPSA) is 79.9 Å². The molecule has 0 spiro atoms. The van der Waals surface area contributed by atoms with Gasteiger partial charge in [0.05, 0.1) is 24.9 Å². The maximum Gasteiger partial charge on any atom is 0.319 e. The molecule has 0 radical (unpaired) electrons. The lowest BCUT2D eigenvalue weighted by Crippen LogP contribution is -2.43. The van der Waals surface area contributed by atoms with E-state index in [0.29, 0.717) is 35.2 Å². The standard InChI is InChI=1S/C19H20ClN3O4/c1-26-16-11-17(27-2)15(10-13(16)20)22-19(25)21-14-8-9-23(18(14)24)12-6-4-3-5-7-12/h3-7,10-11,14H,8-9H2,1-2H3,(H2,21,22,25). The second-order valence-corrected chi connectivity index (χ2v) is 6.36. The summed E-state index contributed by atoms with van der Waals surface area (Å²) in [5, 5.41) is 5.71. The monoisotopic (exact) mass is 389 g/mol. The van der Waals surface area contributed by atoms with Gasteiger partial charge >= 0.3 is 6.03 Å². The molecule has 0 saturated carbocycles. The zero-order valence-corrected chi connectivity index (χ0v) is 15.7. The largest absolute Gasteiger partial charge is 0.495 e. The smallest absolute Gasteiger partial charge is 0.319 e. The number of hydrogen-bond acceptors (Lipinski definition) is 4. The molecule has 3 rings (SSSR count). The molecule has 7 nitrogen and oxygen atoms in total. The molecule has 0 bridgehead atoms. The van der Waals surface area contributed by atoms with Crippen LogP contribution in [-0.2, 0) is 4.79 Å². The Kier molecular flexibility index (Phi) is 5.71. The zero-order chi connectivity index (χ0) is 19.4. The summed E-state index contributed by atoms with van der Waals surface area (Å²) in [5.74, 6) is 0.690. The number of benzene rings is 2. The highest BCUT2D eigenvalue weighted by molar-refractivity contribution is 6.32. The van der Waals surface area contributed by atoms with Gasteiger partial charge in [-0.2, -0.15) is 0 Å². The lowest BCUT2D eigenvalue weighted by Gasteiger charge is -2.18. The molecule has 27 heavy (non-hydrogen) atoms. The second kappa shape index (κ2) is 8.18. The van der Waals surface area contributed by atoms with Crippen LogP contribution in [0.3, 0.4) is 0 Å². The highest BCUT2D eigenvalue weighted by Gasteiger charge is 2.33. The van der Waals surface area contributed by atoms with E-state index < -0.39 is 12.1 Å². The Bertz CT molecular complexity index is 844. The van der Waals surface area contributed by atoms with E-state index in [-0.39, 0.29) is 5.91 Å². The first-order valence-electron chi connectivity index (χ1n) is 8.39. The molecule has 0 aliphatic carbocycles. The van der Waals surface area contributed by atoms with E-state index in [1.165, 1.54) is 20.3 Å². The number of nitrogens with zero attached hydrogens (tertiary/aromatic N) is 1. The van der Waals surface area contributed by atoms with Crippen molar-refractivity contribution < 1.29 is 19.1 Å². The Hall–Kier alpha value is -2.93. The van der Waals surface area contributed by atoms with Crippen LogP contribution < -0.4 is 25.0 Å². The van der Waals surface area contributed by atoms with E-state index in [0.717, 1.165) is 5.69 Å². The number of anilines is 2. The summed E-state index contributed by atoms with van der Waals surface area (Å²) in [5.41, 5.74) is 1.20. The third kappa shape index (κ3) is 4.09. The summed E-state index contributed by atoms with van der Waals surface area (Å²) in [6, 6.07) is 11.4. The first kappa shape index (κ1) is 18.8. The van der Waals surface area contributed by atoms with E-state index in [4.69, 9.17) is 21.1 Å². The maximum atomic E-state index is 12.6. The molecular weight excluding hydrogens is 370 g/mol. The van der Waals surface area contributed by atoms with Gasteiger partial charge in [0.25, 0.3) is 0 Å². The number of carbonyl (C=O) groups is 2. The lowest BCUT2D eigenvalue weighted by atomic mass is 10.2. The van der Waals surface area contributed by atoms with Crippen molar-refractivity contribution in [2.45, 2.75) is 12.5 Å². The molecule has 8 heteroatoms. The van der Waals surface area contributed by atoms with Crippen LogP contribution in [0.5, 0.6) is 11.5 Å². The van der Waals surface area contributed by atoms with Crippen molar-refractivity contribution >= 4 is 34.9 Å². The van der Waals surface area contributed by atoms with Crippen molar-refractivity contribution in [3.05, 3.63) is 47.5 Å². The van der Waals surface area contributed by atoms with Crippen molar-refractivity contribution in [2.75, 3.05) is 31.0 Å². The van der Waals surface area contributed by atoms with E-state index >= 15 is 0 Å². The van der Waals surface area contributed by atoms with Crippen molar-refractivity contribution in [2.24, 2.45) is 0 Å². The molecule has 1 unspecified atom stereocenters. The number of carbonyl (C=O) groups excluding carboxylic acids is 2. The number of hydrogen-bond donors (Lipinski definition) is 2. The molecule has 2 aromatic carbocycles. The Morgan fingerprint density at radius 3 is 2.52 bits per heavy atom. The molecule has 1 heterocycles. The van der Waals surface area contributed by atoms with Gasteiger partial charge in [0.15, 0.2) is 0 Å². The minimum Gasteiger partial charge on any atom is -0.495 e. The minimum absolute atomic E-state index is 0.143. The summed E-state index contributed by atoms with van der Waals surface area (Å²) in [4.78, 5) is 26.6. The van der Waals surface area contributed by atoms with Crippen LogP contribution in [0, 0.1) is 0 Å². The van der Waals surface area contributed by atoms with Crippen LogP contribution in [-0.4, -0.2) is 38.7 Å². The molecule has 1 saturated heterocycles. The third-order valence-corrected chi connectivity index (χ3v) is 4.60. The zero-order valence-electron chi connectivity index (χ0n) is 15.0. The van der Waals surface area contributed by atoms with Gasteiger partial charge < -0.3 is 25.0 Å². The molecule has 0 aromatic heterocycles. The molecule has 2 N–H and O–H groups in total. The van der Waals surface area contributed by atoms with Gasteiger partial charge in [-0.05, 0) is 24.6 Å². The predicted octanol–water partition coefficient (Wildman–Crippen LogP) is 3.28. The van der Waals surface area contributed by atoms with Crippen molar-refractivity contribution in [3.8, 4) is 11.5 Å². The summed E-state index contributed by atoms with van der Waals surface area (Å²) in [6.07, 6.45) is 0.529. The van der Waals surface area contributed by atoms with E-state index in [9.17, 15) is 9.59 Å². The molecule has 1 aliphatic rings. The van der Waals surface area contributed by atoms with Gasteiger partial charge in [0.1, 0.15) is 17.5 Å². The summed E-state index contributed by atoms with van der Waals surface area (Å²) in [6.45, 7) is 0.547. The van der Waals surface area contributed by atoms with Crippen LogP contribution in [0.2, 0.25) is 5.02 Å². The minimum atomic E-state index is -0.593. The van der Waals surface area contributed by atoms with Crippen LogP contribution >= 0.6 is 11.6 Å². The molecule has 2 aromatic rings. The maximum absolute atomic E-state index is 12.6. The number of amides is 3. The number of methoxy groups -OCH3 is 2. The van der Waals surface area contributed by atoms with E-state index in [2.05, 4.69) is 10.6 Å². The first-order chi connectivity index (χ1) is 13.0. The normalized spacial score (nSPS) is 16.2. The number of nitrogens with one attached hydrogen (secondary N) is 2. The van der Waals surface area contributed by atoms with Gasteiger partial charge in [0.2, 0.25) is 5.91 Å². The summed E-state index contributed by atoms with van der Waals surface area (Å²) >= 11 is 6.11. The van der Waals surface area contributed by atoms with Crippen molar-refractivity contribution in [3.63, 3.8) is 0 Å². The first-order valence-corrected chi connectivity index (χ1v) is 8.76. The predicted molar refractivity (Wildman–Crippen MR) is 104 cm³/mol. The summed E-state index contributed by atoms with van der Waals surface area (Å²) < 4.78 is 10.4. The van der Waals surface area contributed by atoms with Crippen molar-refractivity contribution in [1.82, 2.24) is 5.32 Å². The molecule has 1 fully saturated rings. The fourth-order valence-corrected chi connectivity index (χ4v) is 3.19. The number of halogens is 1. The molecule has 1 aliphatic heterocycles. The number of para-hydroxylation sites is 1. The van der Waals surface area contributed by atoms with E-state index in [1.54, 1.807) is 11.0 Å².